The largest absolute Gasteiger partial charge is 0.309 e. The lowest BCUT2D eigenvalue weighted by molar-refractivity contribution is 0.392. The zero-order valence-corrected chi connectivity index (χ0v) is 13.0. The molecule has 1 aliphatic rings. The van der Waals surface area contributed by atoms with Gasteiger partial charge in [0.1, 0.15) is 0 Å². The van der Waals surface area contributed by atoms with Gasteiger partial charge in [-0.05, 0) is 19.1 Å². The summed E-state index contributed by atoms with van der Waals surface area (Å²) in [6.45, 7) is 3.89. The maximum absolute atomic E-state index is 13.4. The van der Waals surface area contributed by atoms with Gasteiger partial charge in [0.2, 0.25) is 0 Å². The number of nitrogens with one attached hydrogen (secondary N) is 1. The second kappa shape index (κ2) is 5.36. The zero-order chi connectivity index (χ0) is 13.7. The monoisotopic (exact) mass is 324 g/mol. The van der Waals surface area contributed by atoms with Crippen molar-refractivity contribution in [2.75, 3.05) is 6.54 Å². The molecule has 4 rings (SSSR count). The van der Waals surface area contributed by atoms with Crippen LogP contribution in [0.4, 0.5) is 4.39 Å². The van der Waals surface area contributed by atoms with Crippen molar-refractivity contribution in [3.63, 3.8) is 0 Å². The average molecular weight is 325 g/mol. The van der Waals surface area contributed by atoms with Crippen molar-refractivity contribution >= 4 is 34.0 Å². The molecule has 0 saturated heterocycles. The zero-order valence-electron chi connectivity index (χ0n) is 11.3. The number of hydrogen-bond acceptors (Lipinski definition) is 4. The minimum absolute atomic E-state index is 0. The number of thiophene rings is 1. The van der Waals surface area contributed by atoms with Gasteiger partial charge in [0, 0.05) is 30.9 Å². The van der Waals surface area contributed by atoms with Crippen LogP contribution in [0.25, 0.3) is 21.5 Å². The lowest BCUT2D eigenvalue weighted by atomic mass is 10.1. The molecule has 4 nitrogen and oxygen atoms in total. The van der Waals surface area contributed by atoms with E-state index in [0.717, 1.165) is 40.4 Å². The molecule has 7 heteroatoms. The molecule has 3 aromatic rings. The number of aromatic nitrogens is 3. The Bertz CT molecular complexity index is 797. The SMILES string of the molecule is C[C@H]1CNCc2cc(-c3ccnc4cc(F)sc34)nn21.Cl. The summed E-state index contributed by atoms with van der Waals surface area (Å²) in [5, 5.41) is 7.85. The Balaban J connectivity index is 0.00000132. The van der Waals surface area contributed by atoms with Gasteiger partial charge < -0.3 is 5.32 Å². The maximum Gasteiger partial charge on any atom is 0.179 e. The van der Waals surface area contributed by atoms with Crippen LogP contribution in [0.5, 0.6) is 0 Å². The summed E-state index contributed by atoms with van der Waals surface area (Å²) >= 11 is 1.13. The van der Waals surface area contributed by atoms with Crippen LogP contribution in [0.2, 0.25) is 0 Å². The highest BCUT2D eigenvalue weighted by molar-refractivity contribution is 7.18. The Morgan fingerprint density at radius 3 is 3.10 bits per heavy atom. The summed E-state index contributed by atoms with van der Waals surface area (Å²) in [6.07, 6.45) is 1.71. The van der Waals surface area contributed by atoms with Gasteiger partial charge in [-0.3, -0.25) is 9.67 Å². The number of halogens is 2. The third-order valence-corrected chi connectivity index (χ3v) is 4.58. The van der Waals surface area contributed by atoms with Crippen LogP contribution >= 0.6 is 23.7 Å². The molecule has 0 aliphatic carbocycles. The fourth-order valence-electron chi connectivity index (χ4n) is 2.68. The summed E-state index contributed by atoms with van der Waals surface area (Å²) in [4.78, 5) is 4.21. The minimum Gasteiger partial charge on any atom is -0.309 e. The molecule has 4 heterocycles. The van der Waals surface area contributed by atoms with Crippen LogP contribution in [0.3, 0.4) is 0 Å². The molecule has 0 aromatic carbocycles. The van der Waals surface area contributed by atoms with Crippen molar-refractivity contribution in [3.05, 3.63) is 35.2 Å². The fourth-order valence-corrected chi connectivity index (χ4v) is 3.55. The van der Waals surface area contributed by atoms with E-state index >= 15 is 0 Å². The van der Waals surface area contributed by atoms with Crippen molar-refractivity contribution in [3.8, 4) is 11.3 Å². The van der Waals surface area contributed by atoms with Crippen LogP contribution in [-0.4, -0.2) is 21.3 Å². The van der Waals surface area contributed by atoms with Gasteiger partial charge in [0.05, 0.1) is 27.6 Å². The summed E-state index contributed by atoms with van der Waals surface area (Å²) in [5.74, 6) is 0. The molecule has 1 N–H and O–H groups in total. The van der Waals surface area contributed by atoms with Gasteiger partial charge in [0.25, 0.3) is 0 Å². The number of pyridine rings is 1. The van der Waals surface area contributed by atoms with E-state index in [2.05, 4.69) is 28.0 Å². The minimum atomic E-state index is -0.209. The smallest absolute Gasteiger partial charge is 0.179 e. The van der Waals surface area contributed by atoms with Crippen molar-refractivity contribution < 1.29 is 4.39 Å². The third-order valence-electron chi connectivity index (χ3n) is 3.63. The standard InChI is InChI=1S/C14H13FN4S.ClH/c1-8-6-16-7-9-4-11(18-19(8)9)10-2-3-17-12-5-13(15)20-14(10)12;/h2-5,8,16H,6-7H2,1H3;1H/t8-;/m0./s1. The van der Waals surface area contributed by atoms with Gasteiger partial charge in [-0.2, -0.15) is 9.49 Å². The van der Waals surface area contributed by atoms with E-state index in [1.165, 1.54) is 11.8 Å². The number of hydrogen-bond donors (Lipinski definition) is 1. The van der Waals surface area contributed by atoms with Crippen LogP contribution in [-0.2, 0) is 6.54 Å². The molecule has 0 saturated carbocycles. The molecule has 0 unspecified atom stereocenters. The first-order valence-corrected chi connectivity index (χ1v) is 7.37. The Kier molecular flexibility index (Phi) is 3.69. The third kappa shape index (κ3) is 2.33. The van der Waals surface area contributed by atoms with Crippen molar-refractivity contribution in [2.45, 2.75) is 19.5 Å². The first kappa shape index (κ1) is 14.4. The van der Waals surface area contributed by atoms with Crippen LogP contribution in [0, 0.1) is 5.13 Å². The molecule has 0 fully saturated rings. The maximum atomic E-state index is 13.4. The van der Waals surface area contributed by atoms with Crippen LogP contribution in [0.15, 0.2) is 24.4 Å². The Morgan fingerprint density at radius 1 is 1.43 bits per heavy atom. The number of rotatable bonds is 1. The highest BCUT2D eigenvalue weighted by Crippen LogP contribution is 2.33. The molecule has 1 atom stereocenters. The predicted octanol–water partition coefficient (Wildman–Crippen LogP) is 3.38. The molecule has 0 radical (unpaired) electrons. The molecule has 0 bridgehead atoms. The lowest BCUT2D eigenvalue weighted by Crippen LogP contribution is -2.31. The van der Waals surface area contributed by atoms with E-state index in [1.54, 1.807) is 6.20 Å². The number of nitrogens with zero attached hydrogens (tertiary/aromatic N) is 3. The highest BCUT2D eigenvalue weighted by atomic mass is 35.5. The fraction of sp³-hybridized carbons (Fsp3) is 0.286. The molecule has 21 heavy (non-hydrogen) atoms. The first-order chi connectivity index (χ1) is 9.72. The van der Waals surface area contributed by atoms with Gasteiger partial charge in [-0.1, -0.05) is 0 Å². The van der Waals surface area contributed by atoms with E-state index < -0.39 is 0 Å². The average Bonchev–Trinajstić information content (AvgIpc) is 3.01. The number of fused-ring (bicyclic) bond motifs is 2. The molecular formula is C14H14ClFN4S. The van der Waals surface area contributed by atoms with E-state index in [0.29, 0.717) is 11.6 Å². The topological polar surface area (TPSA) is 42.7 Å². The summed E-state index contributed by atoms with van der Waals surface area (Å²) < 4.78 is 16.4. The molecule has 1 aliphatic heterocycles. The van der Waals surface area contributed by atoms with E-state index in [1.807, 2.05) is 6.07 Å². The van der Waals surface area contributed by atoms with Gasteiger partial charge in [0.15, 0.2) is 5.13 Å². The van der Waals surface area contributed by atoms with Crippen LogP contribution in [0.1, 0.15) is 18.7 Å². The molecule has 0 spiro atoms. The molecule has 110 valence electrons. The second-order valence-electron chi connectivity index (χ2n) is 5.07. The van der Waals surface area contributed by atoms with Crippen molar-refractivity contribution in [1.29, 1.82) is 0 Å². The van der Waals surface area contributed by atoms with Crippen LogP contribution < -0.4 is 5.32 Å². The molecule has 0 amide bonds. The summed E-state index contributed by atoms with van der Waals surface area (Å²) in [7, 11) is 0. The Labute approximate surface area is 131 Å². The summed E-state index contributed by atoms with van der Waals surface area (Å²) in [5.41, 5.74) is 3.71. The summed E-state index contributed by atoms with van der Waals surface area (Å²) in [6, 6.07) is 5.80. The first-order valence-electron chi connectivity index (χ1n) is 6.56. The highest BCUT2D eigenvalue weighted by Gasteiger charge is 2.19. The normalized spacial score (nSPS) is 17.5. The quantitative estimate of drug-likeness (QED) is 0.746. The molecular weight excluding hydrogens is 311 g/mol. The van der Waals surface area contributed by atoms with Gasteiger partial charge in [-0.25, -0.2) is 0 Å². The van der Waals surface area contributed by atoms with E-state index in [-0.39, 0.29) is 17.5 Å². The predicted molar refractivity (Wildman–Crippen MR) is 84.5 cm³/mol. The van der Waals surface area contributed by atoms with Crippen molar-refractivity contribution in [1.82, 2.24) is 20.1 Å². The Morgan fingerprint density at radius 2 is 2.29 bits per heavy atom. The van der Waals surface area contributed by atoms with Gasteiger partial charge in [-0.15, -0.1) is 23.7 Å². The lowest BCUT2D eigenvalue weighted by Gasteiger charge is -2.21. The van der Waals surface area contributed by atoms with Gasteiger partial charge >= 0.3 is 0 Å². The van der Waals surface area contributed by atoms with Crippen molar-refractivity contribution in [2.24, 2.45) is 0 Å². The van der Waals surface area contributed by atoms with E-state index in [4.69, 9.17) is 5.10 Å². The Hall–Kier alpha value is -1.50. The second-order valence-corrected chi connectivity index (χ2v) is 6.07. The molecule has 3 aromatic heterocycles. The van der Waals surface area contributed by atoms with E-state index in [9.17, 15) is 4.39 Å².